The summed E-state index contributed by atoms with van der Waals surface area (Å²) in [6, 6.07) is 5.84. The van der Waals surface area contributed by atoms with Crippen LogP contribution in [0.25, 0.3) is 0 Å². The summed E-state index contributed by atoms with van der Waals surface area (Å²) in [5, 5.41) is 0. The van der Waals surface area contributed by atoms with Gasteiger partial charge in [0.1, 0.15) is 5.82 Å². The van der Waals surface area contributed by atoms with Crippen LogP contribution in [-0.4, -0.2) is 71.9 Å². The highest BCUT2D eigenvalue weighted by Crippen LogP contribution is 2.20. The van der Waals surface area contributed by atoms with Gasteiger partial charge in [0.2, 0.25) is 11.8 Å². The second-order valence-electron chi connectivity index (χ2n) is 6.96. The molecule has 0 aliphatic carbocycles. The zero-order chi connectivity index (χ0) is 17.8. The van der Waals surface area contributed by atoms with E-state index in [9.17, 15) is 9.59 Å². The number of nitrogens with zero attached hydrogens (tertiary/aromatic N) is 4. The number of rotatable bonds is 2. The van der Waals surface area contributed by atoms with E-state index >= 15 is 0 Å². The molecule has 0 aromatic carbocycles. The molecular weight excluding hydrogens is 389 g/mol. The zero-order valence-corrected chi connectivity index (χ0v) is 17.3. The molecule has 2 fully saturated rings. The highest BCUT2D eigenvalue weighted by atomic mass is 35.5. The van der Waals surface area contributed by atoms with Gasteiger partial charge < -0.3 is 20.4 Å². The molecule has 3 heterocycles. The van der Waals surface area contributed by atoms with Gasteiger partial charge in [0, 0.05) is 58.4 Å². The number of aromatic nitrogens is 1. The third-order valence-electron chi connectivity index (χ3n) is 5.14. The summed E-state index contributed by atoms with van der Waals surface area (Å²) in [5.41, 5.74) is 6.05. The first-order valence-corrected chi connectivity index (χ1v) is 9.00. The quantitative estimate of drug-likeness (QED) is 0.780. The van der Waals surface area contributed by atoms with Crippen molar-refractivity contribution in [1.82, 2.24) is 14.8 Å². The number of pyridine rings is 1. The van der Waals surface area contributed by atoms with E-state index in [1.807, 2.05) is 23.1 Å². The molecule has 0 unspecified atom stereocenters. The second-order valence-corrected chi connectivity index (χ2v) is 6.96. The summed E-state index contributed by atoms with van der Waals surface area (Å²) < 4.78 is 0. The van der Waals surface area contributed by atoms with E-state index in [0.717, 1.165) is 31.7 Å². The Balaban J connectivity index is 0.00000182. The summed E-state index contributed by atoms with van der Waals surface area (Å²) in [6.45, 7) is 5.53. The normalized spacial score (nSPS) is 23.0. The Hall–Kier alpha value is -1.57. The highest BCUT2D eigenvalue weighted by molar-refractivity contribution is 5.85. The summed E-state index contributed by atoms with van der Waals surface area (Å²) in [5.74, 6) is 0.966. The minimum Gasteiger partial charge on any atom is -0.353 e. The average molecular weight is 418 g/mol. The molecule has 0 bridgehead atoms. The summed E-state index contributed by atoms with van der Waals surface area (Å²) in [7, 11) is 0. The monoisotopic (exact) mass is 417 g/mol. The summed E-state index contributed by atoms with van der Waals surface area (Å²) >= 11 is 0. The molecule has 2 saturated heterocycles. The number of halogens is 2. The number of nitrogens with two attached hydrogens (primary N) is 1. The number of carbonyl (C=O) groups excluding carboxylic acids is 2. The maximum Gasteiger partial charge on any atom is 0.227 e. The van der Waals surface area contributed by atoms with E-state index in [1.54, 1.807) is 18.0 Å². The fraction of sp³-hybridized carbons (Fsp3) is 0.611. The van der Waals surface area contributed by atoms with Gasteiger partial charge in [-0.3, -0.25) is 9.59 Å². The van der Waals surface area contributed by atoms with Gasteiger partial charge in [-0.15, -0.1) is 24.8 Å². The zero-order valence-electron chi connectivity index (χ0n) is 15.6. The first kappa shape index (κ1) is 23.5. The average Bonchev–Trinajstić information content (AvgIpc) is 2.84. The van der Waals surface area contributed by atoms with Crippen LogP contribution >= 0.6 is 24.8 Å². The molecule has 2 N–H and O–H groups in total. The molecule has 27 heavy (non-hydrogen) atoms. The van der Waals surface area contributed by atoms with Crippen LogP contribution in [0.5, 0.6) is 0 Å². The Labute approximate surface area is 173 Å². The fourth-order valence-electron chi connectivity index (χ4n) is 3.64. The Bertz CT molecular complexity index is 611. The summed E-state index contributed by atoms with van der Waals surface area (Å²) in [6.07, 6.45) is 3.33. The van der Waals surface area contributed by atoms with E-state index in [-0.39, 0.29) is 48.6 Å². The third kappa shape index (κ3) is 5.96. The van der Waals surface area contributed by atoms with Crippen LogP contribution in [-0.2, 0) is 9.59 Å². The number of hydrogen-bond donors (Lipinski definition) is 1. The van der Waals surface area contributed by atoms with Gasteiger partial charge in [-0.25, -0.2) is 4.98 Å². The topological polar surface area (TPSA) is 82.8 Å². The number of likely N-dealkylation sites (tertiary alicyclic amines) is 1. The van der Waals surface area contributed by atoms with Crippen molar-refractivity contribution in [3.8, 4) is 0 Å². The Morgan fingerprint density at radius 2 is 1.74 bits per heavy atom. The van der Waals surface area contributed by atoms with Crippen LogP contribution in [0.2, 0.25) is 0 Å². The Kier molecular flexibility index (Phi) is 9.29. The van der Waals surface area contributed by atoms with Crippen molar-refractivity contribution in [3.63, 3.8) is 0 Å². The van der Waals surface area contributed by atoms with Crippen LogP contribution < -0.4 is 10.6 Å². The van der Waals surface area contributed by atoms with Gasteiger partial charge in [0.15, 0.2) is 0 Å². The fourth-order valence-corrected chi connectivity index (χ4v) is 3.64. The Morgan fingerprint density at radius 1 is 1.04 bits per heavy atom. The second kappa shape index (κ2) is 10.7. The smallest absolute Gasteiger partial charge is 0.227 e. The van der Waals surface area contributed by atoms with E-state index in [2.05, 4.69) is 9.88 Å². The van der Waals surface area contributed by atoms with E-state index in [0.29, 0.717) is 26.2 Å². The predicted molar refractivity (Wildman–Crippen MR) is 110 cm³/mol. The molecule has 1 aromatic rings. The van der Waals surface area contributed by atoms with E-state index in [1.165, 1.54) is 0 Å². The molecule has 2 atom stereocenters. The molecule has 152 valence electrons. The minimum atomic E-state index is -0.140. The summed E-state index contributed by atoms with van der Waals surface area (Å²) in [4.78, 5) is 34.9. The minimum absolute atomic E-state index is 0. The standard InChI is InChI=1S/C18H27N5O2.2ClH/c1-14(24)23-12-15(5-6-16(19)13-23)18(25)22-10-8-21(9-11-22)17-4-2-3-7-20-17;;/h2-4,7,15-16H,5-6,8-13,19H2,1H3;2*1H/t15-,16+;;/m1../s1. The molecule has 1 aromatic heterocycles. The lowest BCUT2D eigenvalue weighted by Gasteiger charge is -2.37. The van der Waals surface area contributed by atoms with Crippen LogP contribution in [0.1, 0.15) is 19.8 Å². The first-order valence-electron chi connectivity index (χ1n) is 9.00. The van der Waals surface area contributed by atoms with Crippen molar-refractivity contribution in [1.29, 1.82) is 0 Å². The SMILES string of the molecule is CC(=O)N1C[C@@H](N)CC[C@@H](C(=O)N2CCN(c3ccccn3)CC2)C1.Cl.Cl. The number of hydrogen-bond acceptors (Lipinski definition) is 5. The molecule has 0 spiro atoms. The van der Waals surface area contributed by atoms with Gasteiger partial charge in [0.25, 0.3) is 0 Å². The van der Waals surface area contributed by atoms with Gasteiger partial charge in [-0.1, -0.05) is 6.07 Å². The van der Waals surface area contributed by atoms with Gasteiger partial charge in [-0.05, 0) is 25.0 Å². The molecule has 9 heteroatoms. The van der Waals surface area contributed by atoms with Gasteiger partial charge in [0.05, 0.1) is 5.92 Å². The number of piperazine rings is 1. The van der Waals surface area contributed by atoms with Crippen LogP contribution in [0.15, 0.2) is 24.4 Å². The molecule has 0 radical (unpaired) electrons. The molecule has 2 amide bonds. The lowest BCUT2D eigenvalue weighted by atomic mass is 10.00. The highest BCUT2D eigenvalue weighted by Gasteiger charge is 2.32. The molecule has 3 rings (SSSR count). The lowest BCUT2D eigenvalue weighted by Crippen LogP contribution is -2.52. The van der Waals surface area contributed by atoms with Crippen LogP contribution in [0.4, 0.5) is 5.82 Å². The largest absolute Gasteiger partial charge is 0.353 e. The molecule has 2 aliphatic heterocycles. The molecule has 7 nitrogen and oxygen atoms in total. The maximum absolute atomic E-state index is 12.9. The first-order chi connectivity index (χ1) is 12.0. The molecule has 0 saturated carbocycles. The number of anilines is 1. The van der Waals surface area contributed by atoms with Crippen molar-refractivity contribution >= 4 is 42.4 Å². The van der Waals surface area contributed by atoms with Crippen molar-refractivity contribution in [3.05, 3.63) is 24.4 Å². The van der Waals surface area contributed by atoms with E-state index < -0.39 is 0 Å². The van der Waals surface area contributed by atoms with Crippen molar-refractivity contribution in [2.24, 2.45) is 11.7 Å². The van der Waals surface area contributed by atoms with Gasteiger partial charge >= 0.3 is 0 Å². The molecule has 2 aliphatic rings. The number of carbonyl (C=O) groups is 2. The van der Waals surface area contributed by atoms with Crippen LogP contribution in [0.3, 0.4) is 0 Å². The van der Waals surface area contributed by atoms with Crippen molar-refractivity contribution in [2.45, 2.75) is 25.8 Å². The number of amides is 2. The van der Waals surface area contributed by atoms with Crippen molar-refractivity contribution < 1.29 is 9.59 Å². The third-order valence-corrected chi connectivity index (χ3v) is 5.14. The predicted octanol–water partition coefficient (Wildman–Crippen LogP) is 1.16. The van der Waals surface area contributed by atoms with E-state index in [4.69, 9.17) is 5.73 Å². The Morgan fingerprint density at radius 3 is 2.33 bits per heavy atom. The maximum atomic E-state index is 12.9. The van der Waals surface area contributed by atoms with Crippen LogP contribution in [0, 0.1) is 5.92 Å². The van der Waals surface area contributed by atoms with Crippen molar-refractivity contribution in [2.75, 3.05) is 44.2 Å². The molecular formula is C18H29Cl2N5O2. The van der Waals surface area contributed by atoms with Gasteiger partial charge in [-0.2, -0.15) is 0 Å². The lowest BCUT2D eigenvalue weighted by molar-refractivity contribution is -0.138.